The summed E-state index contributed by atoms with van der Waals surface area (Å²) in [5.74, 6) is 3.16. The molecule has 0 aromatic heterocycles. The van der Waals surface area contributed by atoms with Crippen molar-refractivity contribution in [2.75, 3.05) is 13.1 Å². The number of carbonyl (C=O) groups is 1. The molecule has 1 fully saturated rings. The molecule has 0 aromatic carbocycles. The Hall–Kier alpha value is -1.45. The molecule has 1 atom stereocenters. The van der Waals surface area contributed by atoms with Crippen LogP contribution in [0.1, 0.15) is 27.2 Å². The van der Waals surface area contributed by atoms with Gasteiger partial charge in [0.05, 0.1) is 6.54 Å². The van der Waals surface area contributed by atoms with Gasteiger partial charge in [0, 0.05) is 13.0 Å². The second-order valence-corrected chi connectivity index (χ2v) is 12.7. The molecule has 2 aliphatic rings. The molecule has 1 N–H and O–H groups in total. The van der Waals surface area contributed by atoms with Gasteiger partial charge in [-0.15, -0.1) is 5.54 Å². The smallest absolute Gasteiger partial charge is 0.410 e. The molecule has 5 nitrogen and oxygen atoms in total. The maximum Gasteiger partial charge on any atom is 0.410 e. The van der Waals surface area contributed by atoms with Crippen LogP contribution in [0.3, 0.4) is 0 Å². The summed E-state index contributed by atoms with van der Waals surface area (Å²) in [5, 5.41) is 0. The fraction of sp³-hybridized carbons (Fsp3) is 0.688. The van der Waals surface area contributed by atoms with Crippen LogP contribution in [0.15, 0.2) is 11.8 Å². The number of nitrogens with one attached hydrogen (secondary N) is 1. The zero-order valence-electron chi connectivity index (χ0n) is 14.4. The molecule has 0 radical (unpaired) electrons. The van der Waals surface area contributed by atoms with E-state index in [4.69, 9.17) is 9.57 Å². The van der Waals surface area contributed by atoms with Crippen molar-refractivity contribution in [2.24, 2.45) is 0 Å². The number of rotatable bonds is 0. The van der Waals surface area contributed by atoms with Crippen molar-refractivity contribution in [1.29, 1.82) is 0 Å². The highest BCUT2D eigenvalue weighted by Crippen LogP contribution is 2.31. The quantitative estimate of drug-likeness (QED) is 0.550. The third-order valence-electron chi connectivity index (χ3n) is 3.26. The van der Waals surface area contributed by atoms with Crippen molar-refractivity contribution in [1.82, 2.24) is 10.4 Å². The van der Waals surface area contributed by atoms with Gasteiger partial charge >= 0.3 is 6.09 Å². The van der Waals surface area contributed by atoms with Crippen LogP contribution in [0, 0.1) is 11.5 Å². The van der Waals surface area contributed by atoms with Gasteiger partial charge in [-0.3, -0.25) is 10.3 Å². The number of amides is 1. The molecule has 0 saturated carbocycles. The van der Waals surface area contributed by atoms with Crippen LogP contribution in [0.4, 0.5) is 4.79 Å². The number of ether oxygens (including phenoxy) is 1. The summed E-state index contributed by atoms with van der Waals surface area (Å²) in [6.07, 6.45) is 2.46. The van der Waals surface area contributed by atoms with Gasteiger partial charge in [-0.1, -0.05) is 25.6 Å². The molecular weight excluding hydrogens is 296 g/mol. The fourth-order valence-corrected chi connectivity index (χ4v) is 2.79. The summed E-state index contributed by atoms with van der Waals surface area (Å²) in [4.78, 5) is 19.5. The van der Waals surface area contributed by atoms with E-state index in [1.165, 1.54) is 0 Å². The molecular formula is C16H26N2O3Si. The maximum atomic E-state index is 12.1. The van der Waals surface area contributed by atoms with Crippen LogP contribution in [0.2, 0.25) is 19.6 Å². The molecule has 2 aliphatic heterocycles. The van der Waals surface area contributed by atoms with Gasteiger partial charge in [-0.05, 0) is 26.8 Å². The third-order valence-corrected chi connectivity index (χ3v) is 4.13. The molecule has 0 aliphatic carbocycles. The van der Waals surface area contributed by atoms with E-state index in [-0.39, 0.29) is 6.09 Å². The van der Waals surface area contributed by atoms with Gasteiger partial charge in [0.1, 0.15) is 25.0 Å². The first-order chi connectivity index (χ1) is 9.98. The first-order valence-electron chi connectivity index (χ1n) is 7.66. The standard InChI is InChI=1S/C16H26N2O3Si/c1-15(2,3)20-14(19)18-9-8-16(12-18)11-13(17-21-16)7-10-22(4,5)6/h11,17H,8-9,12H2,1-6H3. The topological polar surface area (TPSA) is 50.8 Å². The first-order valence-corrected chi connectivity index (χ1v) is 11.2. The summed E-state index contributed by atoms with van der Waals surface area (Å²) < 4.78 is 5.41. The van der Waals surface area contributed by atoms with Crippen molar-refractivity contribution in [3.8, 4) is 11.5 Å². The van der Waals surface area contributed by atoms with E-state index in [0.29, 0.717) is 13.1 Å². The largest absolute Gasteiger partial charge is 0.444 e. The SMILES string of the molecule is CC(C)(C)OC(=O)N1CCC2(C=C(C#C[Si](C)(C)C)NO2)C1. The molecule has 1 amide bonds. The number of nitrogens with zero attached hydrogens (tertiary/aromatic N) is 1. The molecule has 2 heterocycles. The zero-order chi connectivity index (χ0) is 16.6. The van der Waals surface area contributed by atoms with Gasteiger partial charge in [0.15, 0.2) is 0 Å². The van der Waals surface area contributed by atoms with Crippen molar-refractivity contribution in [3.05, 3.63) is 11.8 Å². The van der Waals surface area contributed by atoms with Crippen LogP contribution < -0.4 is 5.48 Å². The number of hydroxylamine groups is 1. The van der Waals surface area contributed by atoms with Crippen LogP contribution in [-0.4, -0.2) is 43.4 Å². The lowest BCUT2D eigenvalue weighted by Gasteiger charge is -2.25. The Morgan fingerprint density at radius 3 is 2.73 bits per heavy atom. The van der Waals surface area contributed by atoms with Gasteiger partial charge in [0.25, 0.3) is 0 Å². The second kappa shape index (κ2) is 5.63. The molecule has 0 aromatic rings. The fourth-order valence-electron chi connectivity index (χ4n) is 2.28. The molecule has 1 unspecified atom stereocenters. The third kappa shape index (κ3) is 4.52. The Balaban J connectivity index is 2.02. The van der Waals surface area contributed by atoms with E-state index in [9.17, 15) is 4.79 Å². The molecule has 1 spiro atoms. The predicted molar refractivity (Wildman–Crippen MR) is 88.6 cm³/mol. The van der Waals surface area contributed by atoms with E-state index in [1.54, 1.807) is 4.90 Å². The minimum Gasteiger partial charge on any atom is -0.444 e. The summed E-state index contributed by atoms with van der Waals surface area (Å²) in [7, 11) is -1.42. The molecule has 22 heavy (non-hydrogen) atoms. The minimum absolute atomic E-state index is 0.289. The van der Waals surface area contributed by atoms with E-state index in [1.807, 2.05) is 26.8 Å². The summed E-state index contributed by atoms with van der Waals surface area (Å²) in [6, 6.07) is 0. The summed E-state index contributed by atoms with van der Waals surface area (Å²) in [6.45, 7) is 13.3. The first kappa shape index (κ1) is 16.9. The number of hydrogen-bond acceptors (Lipinski definition) is 4. The maximum absolute atomic E-state index is 12.1. The Morgan fingerprint density at radius 1 is 1.45 bits per heavy atom. The molecule has 122 valence electrons. The van der Waals surface area contributed by atoms with Crippen LogP contribution >= 0.6 is 0 Å². The summed E-state index contributed by atoms with van der Waals surface area (Å²) >= 11 is 0. The molecule has 2 rings (SSSR count). The Labute approximate surface area is 134 Å². The average Bonchev–Trinajstić information content (AvgIpc) is 2.92. The Kier molecular flexibility index (Phi) is 4.33. The van der Waals surface area contributed by atoms with Crippen LogP contribution in [0.25, 0.3) is 0 Å². The zero-order valence-corrected chi connectivity index (χ0v) is 15.4. The monoisotopic (exact) mass is 322 g/mol. The van der Waals surface area contributed by atoms with E-state index in [0.717, 1.165) is 12.1 Å². The molecule has 0 bridgehead atoms. The van der Waals surface area contributed by atoms with Crippen LogP contribution in [-0.2, 0) is 9.57 Å². The Morgan fingerprint density at radius 2 is 2.14 bits per heavy atom. The Bertz CT molecular complexity index is 548. The second-order valence-electron chi connectivity index (χ2n) is 7.98. The van der Waals surface area contributed by atoms with E-state index < -0.39 is 19.3 Å². The number of carbonyl (C=O) groups excluding carboxylic acids is 1. The van der Waals surface area contributed by atoms with Gasteiger partial charge in [-0.2, -0.15) is 0 Å². The molecule has 6 heteroatoms. The van der Waals surface area contributed by atoms with E-state index in [2.05, 4.69) is 36.6 Å². The minimum atomic E-state index is -1.42. The average molecular weight is 322 g/mol. The number of likely N-dealkylation sites (tertiary alicyclic amines) is 1. The van der Waals surface area contributed by atoms with Gasteiger partial charge < -0.3 is 9.64 Å². The molecule has 1 saturated heterocycles. The predicted octanol–water partition coefficient (Wildman–Crippen LogP) is 2.67. The highest BCUT2D eigenvalue weighted by Gasteiger charge is 2.44. The van der Waals surface area contributed by atoms with Gasteiger partial charge in [-0.25, -0.2) is 4.79 Å². The van der Waals surface area contributed by atoms with Gasteiger partial charge in [0.2, 0.25) is 0 Å². The van der Waals surface area contributed by atoms with Crippen molar-refractivity contribution >= 4 is 14.2 Å². The lowest BCUT2D eigenvalue weighted by molar-refractivity contribution is -0.0338. The summed E-state index contributed by atoms with van der Waals surface area (Å²) in [5.41, 5.74) is 6.06. The van der Waals surface area contributed by atoms with Crippen molar-refractivity contribution in [3.63, 3.8) is 0 Å². The van der Waals surface area contributed by atoms with Crippen molar-refractivity contribution in [2.45, 2.75) is 58.0 Å². The number of hydrogen-bond donors (Lipinski definition) is 1. The lowest BCUT2D eigenvalue weighted by Crippen LogP contribution is -2.39. The van der Waals surface area contributed by atoms with Crippen LogP contribution in [0.5, 0.6) is 0 Å². The highest BCUT2D eigenvalue weighted by atomic mass is 28.3. The van der Waals surface area contributed by atoms with Crippen molar-refractivity contribution < 1.29 is 14.4 Å². The lowest BCUT2D eigenvalue weighted by atomic mass is 10.0. The normalized spacial score (nSPS) is 24.6. The number of allylic oxidation sites excluding steroid dienone is 1. The highest BCUT2D eigenvalue weighted by molar-refractivity contribution is 6.83. The van der Waals surface area contributed by atoms with E-state index >= 15 is 0 Å².